The zero-order valence-electron chi connectivity index (χ0n) is 17.1. The van der Waals surface area contributed by atoms with E-state index in [-0.39, 0.29) is 11.3 Å². The van der Waals surface area contributed by atoms with Crippen LogP contribution in [0, 0.1) is 13.8 Å². The van der Waals surface area contributed by atoms with Gasteiger partial charge in [-0.25, -0.2) is 4.98 Å². The molecule has 0 spiro atoms. The molecule has 10 nitrogen and oxygen atoms in total. The van der Waals surface area contributed by atoms with Gasteiger partial charge in [-0.3, -0.25) is 14.8 Å². The molecule has 3 aromatic rings. The number of nitrogens with one attached hydrogen (secondary N) is 1. The van der Waals surface area contributed by atoms with Gasteiger partial charge in [0.25, 0.3) is 10.1 Å². The van der Waals surface area contributed by atoms with Gasteiger partial charge in [0.05, 0.1) is 22.7 Å². The van der Waals surface area contributed by atoms with E-state index in [2.05, 4.69) is 15.5 Å². The quantitative estimate of drug-likeness (QED) is 0.462. The van der Waals surface area contributed by atoms with Crippen molar-refractivity contribution < 1.29 is 22.9 Å². The van der Waals surface area contributed by atoms with E-state index in [1.807, 2.05) is 13.8 Å². The molecule has 0 unspecified atom stereocenters. The van der Waals surface area contributed by atoms with E-state index in [1.54, 1.807) is 29.4 Å². The molecule has 0 radical (unpaired) electrons. The zero-order valence-corrected chi connectivity index (χ0v) is 18.7. The van der Waals surface area contributed by atoms with E-state index < -0.39 is 16.1 Å². The number of hydrazone groups is 1. The predicted octanol–water partition coefficient (Wildman–Crippen LogP) is 2.74. The number of anilines is 2. The second-order valence-corrected chi connectivity index (χ2v) is 9.64. The lowest BCUT2D eigenvalue weighted by Crippen LogP contribution is -2.44. The molecule has 0 bridgehead atoms. The molecule has 0 fully saturated rings. The second-order valence-electron chi connectivity index (χ2n) is 7.04. The molecule has 1 aliphatic heterocycles. The summed E-state index contributed by atoms with van der Waals surface area (Å²) in [6, 6.07) is 12.6. The van der Waals surface area contributed by atoms with E-state index >= 15 is 0 Å². The van der Waals surface area contributed by atoms with Crippen molar-refractivity contribution >= 4 is 44.1 Å². The van der Waals surface area contributed by atoms with E-state index in [4.69, 9.17) is 5.11 Å². The van der Waals surface area contributed by atoms with Gasteiger partial charge in [-0.2, -0.15) is 8.42 Å². The molecule has 1 aromatic heterocycles. The zero-order chi connectivity index (χ0) is 23.0. The van der Waals surface area contributed by atoms with Gasteiger partial charge in [0.1, 0.15) is 0 Å². The molecule has 4 rings (SSSR count). The standard InChI is InChI=1S/C20H19N5O5S2/c1-12-13(2)31-20(21-12)25-23-19(15-5-3-4-14(10-15)11-18(26)27)22-24(25)16-6-8-17(9-7-16)32(28,29)30/h3-10H,11H2,1-2H3,(H,22,23)(H,26,27)(H,28,29,30). The molecule has 0 aliphatic carbocycles. The number of benzene rings is 2. The first kappa shape index (κ1) is 21.7. The van der Waals surface area contributed by atoms with Gasteiger partial charge in [0.15, 0.2) is 5.84 Å². The summed E-state index contributed by atoms with van der Waals surface area (Å²) in [6.07, 6.45) is -0.115. The number of carbonyl (C=O) groups is 1. The molecule has 12 heteroatoms. The highest BCUT2D eigenvalue weighted by Gasteiger charge is 2.29. The molecule has 0 saturated carbocycles. The average Bonchev–Trinajstić information content (AvgIpc) is 3.31. The summed E-state index contributed by atoms with van der Waals surface area (Å²) in [7, 11) is -4.32. The minimum atomic E-state index is -4.32. The highest BCUT2D eigenvalue weighted by molar-refractivity contribution is 7.85. The minimum Gasteiger partial charge on any atom is -0.481 e. The van der Waals surface area contributed by atoms with Crippen LogP contribution in [-0.2, 0) is 21.3 Å². The maximum absolute atomic E-state index is 11.4. The Kier molecular flexibility index (Phi) is 5.59. The lowest BCUT2D eigenvalue weighted by atomic mass is 10.1. The van der Waals surface area contributed by atoms with Gasteiger partial charge in [-0.1, -0.05) is 29.5 Å². The van der Waals surface area contributed by atoms with E-state index in [0.29, 0.717) is 27.8 Å². The maximum atomic E-state index is 11.4. The lowest BCUT2D eigenvalue weighted by molar-refractivity contribution is -0.136. The smallest absolute Gasteiger partial charge is 0.307 e. The normalized spacial score (nSPS) is 13.8. The van der Waals surface area contributed by atoms with Crippen LogP contribution in [0.3, 0.4) is 0 Å². The first-order valence-corrected chi connectivity index (χ1v) is 11.7. The van der Waals surface area contributed by atoms with Crippen molar-refractivity contribution in [3.05, 3.63) is 70.2 Å². The molecule has 0 saturated heterocycles. The molecule has 3 N–H and O–H groups in total. The summed E-state index contributed by atoms with van der Waals surface area (Å²) in [6.45, 7) is 3.85. The van der Waals surface area contributed by atoms with E-state index in [9.17, 15) is 17.8 Å². The first-order valence-electron chi connectivity index (χ1n) is 9.40. The Hall–Kier alpha value is -3.48. The van der Waals surface area contributed by atoms with E-state index in [1.165, 1.54) is 40.7 Å². The average molecular weight is 474 g/mol. The molecule has 0 amide bonds. The Morgan fingerprint density at radius 2 is 1.88 bits per heavy atom. The van der Waals surface area contributed by atoms with Crippen molar-refractivity contribution in [3.8, 4) is 0 Å². The van der Waals surface area contributed by atoms with E-state index in [0.717, 1.165) is 10.6 Å². The Balaban J connectivity index is 1.74. The Morgan fingerprint density at radius 3 is 2.47 bits per heavy atom. The number of carboxylic acids is 1. The molecule has 2 aromatic carbocycles. The maximum Gasteiger partial charge on any atom is 0.307 e. The molecule has 166 valence electrons. The third-order valence-corrected chi connectivity index (χ3v) is 6.63. The molecule has 32 heavy (non-hydrogen) atoms. The number of aromatic nitrogens is 1. The van der Waals surface area contributed by atoms with Crippen LogP contribution < -0.4 is 15.7 Å². The van der Waals surface area contributed by atoms with Crippen LogP contribution in [0.15, 0.2) is 58.5 Å². The van der Waals surface area contributed by atoms with Gasteiger partial charge in [0.2, 0.25) is 5.13 Å². The van der Waals surface area contributed by atoms with Crippen LogP contribution >= 0.6 is 11.3 Å². The van der Waals surface area contributed by atoms with Crippen LogP contribution in [-0.4, -0.2) is 34.9 Å². The van der Waals surface area contributed by atoms with Gasteiger partial charge < -0.3 is 5.11 Å². The van der Waals surface area contributed by atoms with Gasteiger partial charge in [-0.05, 0) is 49.7 Å². The summed E-state index contributed by atoms with van der Waals surface area (Å²) in [5.74, 6) is -0.471. The second kappa shape index (κ2) is 8.22. The largest absolute Gasteiger partial charge is 0.481 e. The third kappa shape index (κ3) is 4.42. The summed E-state index contributed by atoms with van der Waals surface area (Å²) in [4.78, 5) is 16.4. The minimum absolute atomic E-state index is 0.115. The third-order valence-electron chi connectivity index (χ3n) is 4.72. The fraction of sp³-hybridized carbons (Fsp3) is 0.150. The number of carboxylic acid groups (broad SMARTS) is 1. The summed E-state index contributed by atoms with van der Waals surface area (Å²) in [5, 5.41) is 17.4. The number of aryl methyl sites for hydroxylation is 2. The predicted molar refractivity (Wildman–Crippen MR) is 120 cm³/mol. The fourth-order valence-corrected chi connectivity index (χ4v) is 4.37. The van der Waals surface area contributed by atoms with Crippen LogP contribution in [0.1, 0.15) is 21.7 Å². The number of thiazole rings is 1. The molecule has 0 atom stereocenters. The summed E-state index contributed by atoms with van der Waals surface area (Å²) >= 11 is 1.45. The van der Waals surface area contributed by atoms with Crippen molar-refractivity contribution in [2.45, 2.75) is 25.2 Å². The first-order chi connectivity index (χ1) is 15.1. The number of nitrogens with zero attached hydrogens (tertiary/aromatic N) is 4. The monoisotopic (exact) mass is 473 g/mol. The van der Waals surface area contributed by atoms with Crippen LogP contribution in [0.4, 0.5) is 10.8 Å². The lowest BCUT2D eigenvalue weighted by Gasteiger charge is -2.25. The van der Waals surface area contributed by atoms with Crippen LogP contribution in [0.2, 0.25) is 0 Å². The van der Waals surface area contributed by atoms with Crippen molar-refractivity contribution in [1.29, 1.82) is 0 Å². The van der Waals surface area contributed by atoms with Crippen LogP contribution in [0.5, 0.6) is 0 Å². The molecular formula is C20H19N5O5S2. The van der Waals surface area contributed by atoms with Crippen molar-refractivity contribution in [1.82, 2.24) is 10.4 Å². The van der Waals surface area contributed by atoms with Crippen LogP contribution in [0.25, 0.3) is 0 Å². The molecular weight excluding hydrogens is 454 g/mol. The Morgan fingerprint density at radius 1 is 1.16 bits per heavy atom. The number of amidine groups is 1. The van der Waals surface area contributed by atoms with Crippen molar-refractivity contribution in [2.24, 2.45) is 5.10 Å². The number of hydrogen-bond donors (Lipinski definition) is 3. The highest BCUT2D eigenvalue weighted by Crippen LogP contribution is 2.31. The number of hydrogen-bond acceptors (Lipinski definition) is 9. The number of hydrazine groups is 2. The summed E-state index contributed by atoms with van der Waals surface area (Å²) < 4.78 is 32.0. The van der Waals surface area contributed by atoms with Gasteiger partial charge in [-0.15, -0.1) is 15.3 Å². The highest BCUT2D eigenvalue weighted by atomic mass is 32.2. The Bertz CT molecular complexity index is 1300. The van der Waals surface area contributed by atoms with Gasteiger partial charge >= 0.3 is 5.97 Å². The fourth-order valence-electron chi connectivity index (χ4n) is 3.03. The topological polar surface area (TPSA) is 135 Å². The Labute approximate surface area is 188 Å². The SMILES string of the molecule is Cc1nc(N2NC(c3cccc(CC(=O)O)c3)=NN2c2ccc(S(=O)(=O)O)cc2)sc1C. The number of rotatable bonds is 6. The van der Waals surface area contributed by atoms with Crippen molar-refractivity contribution in [3.63, 3.8) is 0 Å². The summed E-state index contributed by atoms with van der Waals surface area (Å²) in [5.41, 5.74) is 5.87. The van der Waals surface area contributed by atoms with Crippen molar-refractivity contribution in [2.75, 3.05) is 10.2 Å². The van der Waals surface area contributed by atoms with Gasteiger partial charge in [0, 0.05) is 10.4 Å². The molecule has 2 heterocycles. The number of aliphatic carboxylic acids is 1. The molecule has 1 aliphatic rings.